The minimum absolute atomic E-state index is 0.0161. The van der Waals surface area contributed by atoms with Gasteiger partial charge in [0.05, 0.1) is 18.4 Å². The monoisotopic (exact) mass is 393 g/mol. The summed E-state index contributed by atoms with van der Waals surface area (Å²) in [5.41, 5.74) is 1.19. The standard InChI is InChI=1S/C24H27NO4/c1-2-29-23(28)24(15-17-7-4-3-5-8-17)16-19-11-12-21(24)25(19)22(27)14-18-9-6-10-20(26)13-18/h3-10,13,19,21,26H,2,11-12,14-16H2,1H3/t19-,21+,24+/m1/s1. The summed E-state index contributed by atoms with van der Waals surface area (Å²) in [6.07, 6.45) is 3.21. The molecule has 2 bridgehead atoms. The van der Waals surface area contributed by atoms with Crippen molar-refractivity contribution in [2.24, 2.45) is 5.41 Å². The molecule has 2 saturated heterocycles. The first-order valence-corrected chi connectivity index (χ1v) is 10.3. The number of ether oxygens (including phenoxy) is 1. The highest BCUT2D eigenvalue weighted by atomic mass is 16.5. The molecule has 2 aromatic rings. The number of esters is 1. The van der Waals surface area contributed by atoms with Crippen LogP contribution in [0.1, 0.15) is 37.3 Å². The molecular weight excluding hydrogens is 366 g/mol. The number of phenolic OH excluding ortho intramolecular Hbond substituents is 1. The van der Waals surface area contributed by atoms with E-state index in [2.05, 4.69) is 0 Å². The van der Waals surface area contributed by atoms with E-state index >= 15 is 0 Å². The van der Waals surface area contributed by atoms with Gasteiger partial charge in [0, 0.05) is 12.1 Å². The molecule has 2 fully saturated rings. The van der Waals surface area contributed by atoms with Gasteiger partial charge in [0.25, 0.3) is 0 Å². The second-order valence-electron chi connectivity index (χ2n) is 8.14. The summed E-state index contributed by atoms with van der Waals surface area (Å²) in [5.74, 6) is -0.0156. The topological polar surface area (TPSA) is 66.8 Å². The number of aromatic hydroxyl groups is 1. The molecule has 0 unspecified atom stereocenters. The highest BCUT2D eigenvalue weighted by Crippen LogP contribution is 2.52. The van der Waals surface area contributed by atoms with Gasteiger partial charge in [-0.1, -0.05) is 42.5 Å². The zero-order valence-electron chi connectivity index (χ0n) is 16.7. The number of amides is 1. The third-order valence-electron chi connectivity index (χ3n) is 6.34. The Kier molecular flexibility index (Phi) is 5.31. The normalized spacial score (nSPS) is 25.2. The molecule has 2 aromatic carbocycles. The summed E-state index contributed by atoms with van der Waals surface area (Å²) in [5, 5.41) is 9.70. The maximum Gasteiger partial charge on any atom is 0.314 e. The van der Waals surface area contributed by atoms with Crippen molar-refractivity contribution in [2.75, 3.05) is 6.61 Å². The molecule has 0 radical (unpaired) electrons. The Bertz CT molecular complexity index is 897. The molecule has 5 nitrogen and oxygen atoms in total. The molecule has 1 amide bonds. The van der Waals surface area contributed by atoms with Crippen LogP contribution in [0.3, 0.4) is 0 Å². The third kappa shape index (κ3) is 3.61. The minimum Gasteiger partial charge on any atom is -0.508 e. The van der Waals surface area contributed by atoms with Gasteiger partial charge < -0.3 is 14.7 Å². The van der Waals surface area contributed by atoms with E-state index in [1.165, 1.54) is 0 Å². The van der Waals surface area contributed by atoms with Gasteiger partial charge in [0.15, 0.2) is 0 Å². The van der Waals surface area contributed by atoms with Crippen molar-refractivity contribution in [1.82, 2.24) is 4.90 Å². The van der Waals surface area contributed by atoms with Gasteiger partial charge in [-0.25, -0.2) is 0 Å². The minimum atomic E-state index is -0.686. The Morgan fingerprint density at radius 2 is 1.86 bits per heavy atom. The van der Waals surface area contributed by atoms with Crippen molar-refractivity contribution >= 4 is 11.9 Å². The van der Waals surface area contributed by atoms with Gasteiger partial charge >= 0.3 is 5.97 Å². The quantitative estimate of drug-likeness (QED) is 0.763. The van der Waals surface area contributed by atoms with Gasteiger partial charge in [-0.3, -0.25) is 9.59 Å². The summed E-state index contributed by atoms with van der Waals surface area (Å²) in [7, 11) is 0. The van der Waals surface area contributed by atoms with E-state index in [4.69, 9.17) is 4.74 Å². The van der Waals surface area contributed by atoms with E-state index in [9.17, 15) is 14.7 Å². The lowest BCUT2D eigenvalue weighted by molar-refractivity contribution is -0.158. The zero-order valence-corrected chi connectivity index (χ0v) is 16.7. The fourth-order valence-electron chi connectivity index (χ4n) is 5.21. The van der Waals surface area contributed by atoms with Gasteiger partial charge in [-0.2, -0.15) is 0 Å². The molecule has 152 valence electrons. The van der Waals surface area contributed by atoms with Crippen molar-refractivity contribution in [2.45, 2.75) is 51.1 Å². The maximum absolute atomic E-state index is 13.2. The first-order chi connectivity index (χ1) is 14.0. The van der Waals surface area contributed by atoms with Crippen LogP contribution in [0.2, 0.25) is 0 Å². The molecule has 29 heavy (non-hydrogen) atoms. The summed E-state index contributed by atoms with van der Waals surface area (Å²) in [6.45, 7) is 2.16. The van der Waals surface area contributed by atoms with Crippen LogP contribution >= 0.6 is 0 Å². The molecule has 0 aliphatic carbocycles. The van der Waals surface area contributed by atoms with Crippen molar-refractivity contribution in [3.05, 3.63) is 65.7 Å². The summed E-state index contributed by atoms with van der Waals surface area (Å²) in [4.78, 5) is 28.3. The van der Waals surface area contributed by atoms with Gasteiger partial charge in [0.1, 0.15) is 5.75 Å². The van der Waals surface area contributed by atoms with Crippen molar-refractivity contribution in [3.63, 3.8) is 0 Å². The van der Waals surface area contributed by atoms with Gasteiger partial charge in [-0.15, -0.1) is 0 Å². The Morgan fingerprint density at radius 1 is 1.10 bits per heavy atom. The fraction of sp³-hybridized carbons (Fsp3) is 0.417. The molecule has 1 N–H and O–H groups in total. The number of nitrogens with zero attached hydrogens (tertiary/aromatic N) is 1. The van der Waals surface area contributed by atoms with Crippen molar-refractivity contribution in [3.8, 4) is 5.75 Å². The number of rotatable bonds is 6. The van der Waals surface area contributed by atoms with Crippen LogP contribution < -0.4 is 0 Å². The predicted octanol–water partition coefficient (Wildman–Crippen LogP) is 3.49. The number of hydrogen-bond acceptors (Lipinski definition) is 4. The smallest absolute Gasteiger partial charge is 0.314 e. The Balaban J connectivity index is 1.61. The third-order valence-corrected chi connectivity index (χ3v) is 6.34. The van der Waals surface area contributed by atoms with Gasteiger partial charge in [0.2, 0.25) is 5.91 Å². The second-order valence-corrected chi connectivity index (χ2v) is 8.14. The SMILES string of the molecule is CCOC(=O)[C@@]1(Cc2ccccc2)C[C@H]2CC[C@@H]1N2C(=O)Cc1cccc(O)c1. The molecule has 2 aliphatic rings. The molecule has 2 aliphatic heterocycles. The van der Waals surface area contributed by atoms with E-state index in [1.54, 1.807) is 18.2 Å². The highest BCUT2D eigenvalue weighted by molar-refractivity contribution is 5.85. The van der Waals surface area contributed by atoms with E-state index in [1.807, 2.05) is 48.2 Å². The molecule has 3 atom stereocenters. The first kappa shape index (κ1) is 19.5. The Morgan fingerprint density at radius 3 is 2.59 bits per heavy atom. The average Bonchev–Trinajstić information content (AvgIpc) is 3.25. The van der Waals surface area contributed by atoms with Gasteiger partial charge in [-0.05, 0) is 55.9 Å². The molecule has 4 rings (SSSR count). The molecule has 0 spiro atoms. The molecular formula is C24H27NO4. The van der Waals surface area contributed by atoms with Crippen LogP contribution in [0.5, 0.6) is 5.75 Å². The lowest BCUT2D eigenvalue weighted by Gasteiger charge is -2.35. The molecule has 2 heterocycles. The van der Waals surface area contributed by atoms with Crippen LogP contribution in [-0.4, -0.2) is 40.6 Å². The highest BCUT2D eigenvalue weighted by Gasteiger charge is 2.61. The zero-order chi connectivity index (χ0) is 20.4. The average molecular weight is 393 g/mol. The maximum atomic E-state index is 13.2. The van der Waals surface area contributed by atoms with E-state index in [0.717, 1.165) is 24.0 Å². The lowest BCUT2D eigenvalue weighted by atomic mass is 9.70. The molecule has 5 heteroatoms. The predicted molar refractivity (Wildman–Crippen MR) is 109 cm³/mol. The fourth-order valence-corrected chi connectivity index (χ4v) is 5.21. The van der Waals surface area contributed by atoms with Crippen LogP contribution in [-0.2, 0) is 27.2 Å². The van der Waals surface area contributed by atoms with Crippen LogP contribution in [0.25, 0.3) is 0 Å². The van der Waals surface area contributed by atoms with Crippen LogP contribution in [0, 0.1) is 5.41 Å². The number of hydrogen-bond donors (Lipinski definition) is 1. The Hall–Kier alpha value is -2.82. The molecule has 0 aromatic heterocycles. The molecule has 0 saturated carbocycles. The number of carbonyl (C=O) groups is 2. The summed E-state index contributed by atoms with van der Waals surface area (Å²) < 4.78 is 5.51. The van der Waals surface area contributed by atoms with E-state index < -0.39 is 5.41 Å². The number of phenols is 1. The number of benzene rings is 2. The van der Waals surface area contributed by atoms with Crippen LogP contribution in [0.4, 0.5) is 0 Å². The van der Waals surface area contributed by atoms with E-state index in [-0.39, 0.29) is 36.1 Å². The summed E-state index contributed by atoms with van der Waals surface area (Å²) >= 11 is 0. The second kappa shape index (κ2) is 7.90. The number of fused-ring (bicyclic) bond motifs is 2. The van der Waals surface area contributed by atoms with E-state index in [0.29, 0.717) is 19.4 Å². The Labute approximate surface area is 171 Å². The summed E-state index contributed by atoms with van der Waals surface area (Å²) in [6, 6.07) is 16.7. The van der Waals surface area contributed by atoms with Crippen molar-refractivity contribution in [1.29, 1.82) is 0 Å². The first-order valence-electron chi connectivity index (χ1n) is 10.3. The largest absolute Gasteiger partial charge is 0.508 e. The van der Waals surface area contributed by atoms with Crippen molar-refractivity contribution < 1.29 is 19.4 Å². The lowest BCUT2D eigenvalue weighted by Crippen LogP contribution is -2.47. The number of carbonyl (C=O) groups excluding carboxylic acids is 2. The van der Waals surface area contributed by atoms with Crippen LogP contribution in [0.15, 0.2) is 54.6 Å².